The number of carbonyl (C=O) groups excluding carboxylic acids is 2. The number of aromatic nitrogens is 3. The Morgan fingerprint density at radius 1 is 0.939 bits per heavy atom. The second kappa shape index (κ2) is 8.78. The summed E-state index contributed by atoms with van der Waals surface area (Å²) in [4.78, 5) is 31.7. The number of amides is 2. The molecule has 1 heterocycles. The van der Waals surface area contributed by atoms with Crippen LogP contribution < -0.4 is 5.73 Å². The monoisotopic (exact) mass is 446 g/mol. The molecule has 1 aromatic heterocycles. The molecule has 0 aliphatic heterocycles. The van der Waals surface area contributed by atoms with Crippen LogP contribution in [0.4, 0.5) is 0 Å². The van der Waals surface area contributed by atoms with Crippen LogP contribution in [0.3, 0.4) is 0 Å². The van der Waals surface area contributed by atoms with Gasteiger partial charge in [-0.25, -0.2) is 0 Å². The van der Waals surface area contributed by atoms with Crippen LogP contribution in [0, 0.1) is 0 Å². The number of rotatable bonds is 5. The zero-order chi connectivity index (χ0) is 23.8. The molecule has 0 atom stereocenters. The van der Waals surface area contributed by atoms with Crippen molar-refractivity contribution in [3.63, 3.8) is 0 Å². The quantitative estimate of drug-likeness (QED) is 0.623. The first-order chi connectivity index (χ1) is 15.8. The van der Waals surface area contributed by atoms with Crippen molar-refractivity contribution >= 4 is 11.8 Å². The van der Waals surface area contributed by atoms with Gasteiger partial charge in [-0.05, 0) is 72.3 Å². The maximum atomic E-state index is 12.7. The third kappa shape index (κ3) is 3.80. The molecule has 0 bridgehead atoms. The van der Waals surface area contributed by atoms with Crippen LogP contribution in [0.25, 0.3) is 0 Å². The van der Waals surface area contributed by atoms with Crippen molar-refractivity contribution in [2.24, 2.45) is 5.73 Å². The summed E-state index contributed by atoms with van der Waals surface area (Å²) in [5.74, 6) is 0.626. The Kier molecular flexibility index (Phi) is 6.03. The number of benzene rings is 2. The number of hydrogen-bond donors (Lipinski definition) is 2. The lowest BCUT2D eigenvalue weighted by Gasteiger charge is -2.34. The lowest BCUT2D eigenvalue weighted by atomic mass is 9.69. The maximum Gasteiger partial charge on any atom is 0.253 e. The molecule has 1 aliphatic carbocycles. The average molecular weight is 447 g/mol. The highest BCUT2D eigenvalue weighted by Gasteiger charge is 2.43. The summed E-state index contributed by atoms with van der Waals surface area (Å²) in [7, 11) is 7.00. The Balaban J connectivity index is 1.98. The van der Waals surface area contributed by atoms with E-state index in [1.54, 1.807) is 44.3 Å². The maximum absolute atomic E-state index is 12.7. The Bertz CT molecular complexity index is 1110. The molecular weight excluding hydrogens is 416 g/mol. The fraction of sp³-hybridized carbons (Fsp3) is 0.360. The summed E-state index contributed by atoms with van der Waals surface area (Å²) in [6.45, 7) is 0.427. The smallest absolute Gasteiger partial charge is 0.253 e. The minimum absolute atomic E-state index is 0.0393. The first kappa shape index (κ1) is 22.7. The van der Waals surface area contributed by atoms with Gasteiger partial charge in [-0.2, -0.15) is 0 Å². The molecular formula is C25H30N6O2. The number of nitrogens with zero attached hydrogens (tertiary/aromatic N) is 4. The highest BCUT2D eigenvalue weighted by molar-refractivity contribution is 5.95. The van der Waals surface area contributed by atoms with Gasteiger partial charge in [0.25, 0.3) is 11.8 Å². The van der Waals surface area contributed by atoms with Gasteiger partial charge in [-0.1, -0.05) is 12.1 Å². The van der Waals surface area contributed by atoms with E-state index < -0.39 is 5.41 Å². The van der Waals surface area contributed by atoms with Crippen molar-refractivity contribution in [1.29, 1.82) is 0 Å². The van der Waals surface area contributed by atoms with E-state index in [9.17, 15) is 9.59 Å². The van der Waals surface area contributed by atoms with Crippen molar-refractivity contribution in [2.45, 2.75) is 24.7 Å². The number of aromatic amines is 1. The molecule has 8 heteroatoms. The van der Waals surface area contributed by atoms with Gasteiger partial charge < -0.3 is 20.5 Å². The van der Waals surface area contributed by atoms with Crippen LogP contribution in [0.1, 0.15) is 55.2 Å². The van der Waals surface area contributed by atoms with E-state index in [-0.39, 0.29) is 11.8 Å². The van der Waals surface area contributed by atoms with E-state index in [2.05, 4.69) is 15.2 Å². The third-order valence-corrected chi connectivity index (χ3v) is 6.44. The Morgan fingerprint density at radius 2 is 1.45 bits per heavy atom. The third-order valence-electron chi connectivity index (χ3n) is 6.44. The zero-order valence-electron chi connectivity index (χ0n) is 19.6. The van der Waals surface area contributed by atoms with Gasteiger partial charge in [0.15, 0.2) is 0 Å². The SMILES string of the molecule is CN(C)C(=O)c1ccc2c(c1)CCc1cc(C(=O)N(C)C)ccc1C2(CCN)c1nnc[nH]1. The summed E-state index contributed by atoms with van der Waals surface area (Å²) in [5.41, 5.74) is 11.1. The highest BCUT2D eigenvalue weighted by atomic mass is 16.2. The van der Waals surface area contributed by atoms with E-state index in [0.29, 0.717) is 29.9 Å². The Hall–Kier alpha value is -3.52. The number of hydrogen-bond acceptors (Lipinski definition) is 5. The molecule has 3 aromatic rings. The van der Waals surface area contributed by atoms with E-state index in [1.165, 1.54) is 0 Å². The van der Waals surface area contributed by atoms with Gasteiger partial charge in [-0.3, -0.25) is 9.59 Å². The van der Waals surface area contributed by atoms with Crippen LogP contribution >= 0.6 is 0 Å². The van der Waals surface area contributed by atoms with Gasteiger partial charge in [0.1, 0.15) is 12.2 Å². The molecule has 0 saturated carbocycles. The molecule has 0 unspecified atom stereocenters. The topological polar surface area (TPSA) is 108 Å². The first-order valence-electron chi connectivity index (χ1n) is 11.1. The highest BCUT2D eigenvalue weighted by Crippen LogP contribution is 2.46. The molecule has 4 rings (SSSR count). The van der Waals surface area contributed by atoms with Gasteiger partial charge in [0.2, 0.25) is 0 Å². The van der Waals surface area contributed by atoms with E-state index in [4.69, 9.17) is 5.73 Å². The summed E-state index contributed by atoms with van der Waals surface area (Å²) in [6, 6.07) is 11.8. The van der Waals surface area contributed by atoms with Gasteiger partial charge in [0, 0.05) is 39.3 Å². The predicted octanol–water partition coefficient (Wildman–Crippen LogP) is 1.99. The van der Waals surface area contributed by atoms with Crippen LogP contribution in [-0.4, -0.2) is 71.5 Å². The number of aryl methyl sites for hydroxylation is 2. The molecule has 33 heavy (non-hydrogen) atoms. The molecule has 0 spiro atoms. The summed E-state index contributed by atoms with van der Waals surface area (Å²) < 4.78 is 0. The summed E-state index contributed by atoms with van der Waals surface area (Å²) >= 11 is 0. The van der Waals surface area contributed by atoms with Gasteiger partial charge >= 0.3 is 0 Å². The molecule has 0 saturated heterocycles. The molecule has 2 amide bonds. The van der Waals surface area contributed by atoms with E-state index in [1.807, 2.05) is 36.4 Å². The molecule has 0 fully saturated rings. The molecule has 172 valence electrons. The van der Waals surface area contributed by atoms with Crippen LogP contribution in [0.15, 0.2) is 42.7 Å². The Morgan fingerprint density at radius 3 is 1.85 bits per heavy atom. The molecule has 2 aromatic carbocycles. The first-order valence-corrected chi connectivity index (χ1v) is 11.1. The largest absolute Gasteiger partial charge is 0.345 e. The number of nitrogens with one attached hydrogen (secondary N) is 1. The number of fused-ring (bicyclic) bond motifs is 2. The second-order valence-electron chi connectivity index (χ2n) is 8.92. The van der Waals surface area contributed by atoms with Crippen molar-refractivity contribution in [3.05, 3.63) is 81.9 Å². The van der Waals surface area contributed by atoms with Crippen molar-refractivity contribution in [3.8, 4) is 0 Å². The molecule has 8 nitrogen and oxygen atoms in total. The van der Waals surface area contributed by atoms with Crippen LogP contribution in [0.5, 0.6) is 0 Å². The Labute approximate surface area is 193 Å². The minimum atomic E-state index is -0.661. The predicted molar refractivity (Wildman–Crippen MR) is 126 cm³/mol. The van der Waals surface area contributed by atoms with E-state index >= 15 is 0 Å². The van der Waals surface area contributed by atoms with Crippen molar-refractivity contribution < 1.29 is 9.59 Å². The van der Waals surface area contributed by atoms with Gasteiger partial charge in [-0.15, -0.1) is 10.2 Å². The standard InChI is InChI=1S/C25H30N6O2/c1-30(2)22(32)18-7-9-20-16(13-18)5-6-17-14-19(23(33)31(3)4)8-10-21(17)25(20,11-12-26)24-27-15-28-29-24/h7-10,13-15H,5-6,11-12,26H2,1-4H3,(H,27,28,29). The van der Waals surface area contributed by atoms with Crippen LogP contribution in [0.2, 0.25) is 0 Å². The number of nitrogens with two attached hydrogens (primary N) is 1. The zero-order valence-corrected chi connectivity index (χ0v) is 19.6. The van der Waals surface area contributed by atoms with Crippen molar-refractivity contribution in [1.82, 2.24) is 25.0 Å². The summed E-state index contributed by atoms with van der Waals surface area (Å²) in [5, 5.41) is 8.50. The summed E-state index contributed by atoms with van der Waals surface area (Å²) in [6.07, 6.45) is 3.64. The lowest BCUT2D eigenvalue weighted by molar-refractivity contribution is 0.0820. The van der Waals surface area contributed by atoms with E-state index in [0.717, 1.165) is 35.1 Å². The molecule has 3 N–H and O–H groups in total. The van der Waals surface area contributed by atoms with Gasteiger partial charge in [0.05, 0.1) is 5.41 Å². The average Bonchev–Trinajstić information content (AvgIpc) is 3.31. The van der Waals surface area contributed by atoms with Crippen molar-refractivity contribution in [2.75, 3.05) is 34.7 Å². The molecule has 1 aliphatic rings. The minimum Gasteiger partial charge on any atom is -0.345 e. The number of carbonyl (C=O) groups is 2. The lowest BCUT2D eigenvalue weighted by Crippen LogP contribution is -2.35. The fourth-order valence-electron chi connectivity index (χ4n) is 4.90. The molecule has 0 radical (unpaired) electrons. The number of H-pyrrole nitrogens is 1. The van der Waals surface area contributed by atoms with Crippen LogP contribution in [-0.2, 0) is 18.3 Å². The fourth-order valence-corrected chi connectivity index (χ4v) is 4.90. The normalized spacial score (nSPS) is 14.1. The second-order valence-corrected chi connectivity index (χ2v) is 8.92.